The molecule has 0 aromatic carbocycles. The molecule has 2 amide bonds. The van der Waals surface area contributed by atoms with Crippen molar-refractivity contribution >= 4 is 29.5 Å². The zero-order valence-electron chi connectivity index (χ0n) is 8.41. The van der Waals surface area contributed by atoms with E-state index in [-0.39, 0.29) is 36.3 Å². The predicted molar refractivity (Wildman–Crippen MR) is 56.7 cm³/mol. The van der Waals surface area contributed by atoms with E-state index in [0.29, 0.717) is 0 Å². The van der Waals surface area contributed by atoms with Gasteiger partial charge >= 0.3 is 5.97 Å². The number of carboxylic acids is 1. The Hall–Kier alpha value is -1.24. The number of aliphatic carboxylic acids is 1. The van der Waals surface area contributed by atoms with Gasteiger partial charge in [-0.05, 0) is 0 Å². The van der Waals surface area contributed by atoms with Gasteiger partial charge in [-0.25, -0.2) is 0 Å². The molecule has 0 aromatic heterocycles. The molecule has 0 aliphatic heterocycles. The molecule has 0 rings (SSSR count). The fraction of sp³-hybridized carbons (Fsp3) is 0.625. The summed E-state index contributed by atoms with van der Waals surface area (Å²) >= 11 is 1.02. The van der Waals surface area contributed by atoms with Crippen LogP contribution in [0.2, 0.25) is 0 Å². The number of carboxylic acid groups (broad SMARTS) is 1. The Morgan fingerprint density at radius 1 is 1.20 bits per heavy atom. The largest absolute Gasteiger partial charge is 0.481 e. The number of carbonyl (C=O) groups excluding carboxylic acids is 2. The van der Waals surface area contributed by atoms with Gasteiger partial charge in [0, 0.05) is 20.0 Å². The van der Waals surface area contributed by atoms with Crippen LogP contribution >= 0.6 is 11.8 Å². The lowest BCUT2D eigenvalue weighted by atomic mass is 10.4. The van der Waals surface area contributed by atoms with Gasteiger partial charge in [-0.15, -0.1) is 11.8 Å². The second-order valence-corrected chi connectivity index (χ2v) is 3.65. The fourth-order valence-corrected chi connectivity index (χ4v) is 1.29. The van der Waals surface area contributed by atoms with Crippen LogP contribution in [0.3, 0.4) is 0 Å². The monoisotopic (exact) mass is 234 g/mol. The molecule has 0 fully saturated rings. The molecule has 0 aliphatic rings. The summed E-state index contributed by atoms with van der Waals surface area (Å²) in [5.41, 5.74) is 0. The van der Waals surface area contributed by atoms with E-state index in [1.165, 1.54) is 7.05 Å². The molecule has 0 saturated heterocycles. The number of amides is 2. The van der Waals surface area contributed by atoms with E-state index in [1.807, 2.05) is 0 Å². The smallest absolute Gasteiger partial charge is 0.313 e. The van der Waals surface area contributed by atoms with Crippen molar-refractivity contribution in [2.24, 2.45) is 0 Å². The number of hydrogen-bond donors (Lipinski definition) is 3. The molecule has 0 heterocycles. The summed E-state index contributed by atoms with van der Waals surface area (Å²) in [4.78, 5) is 31.9. The Balaban J connectivity index is 3.41. The second kappa shape index (κ2) is 8.10. The van der Waals surface area contributed by atoms with Gasteiger partial charge in [0.2, 0.25) is 11.8 Å². The third kappa shape index (κ3) is 9.07. The average molecular weight is 234 g/mol. The molecule has 7 heteroatoms. The van der Waals surface area contributed by atoms with Crippen molar-refractivity contribution in [2.45, 2.75) is 6.42 Å². The minimum absolute atomic E-state index is 0.0944. The molecule has 6 nitrogen and oxygen atoms in total. The van der Waals surface area contributed by atoms with Gasteiger partial charge in [0.15, 0.2) is 0 Å². The third-order valence-electron chi connectivity index (χ3n) is 1.41. The molecule has 15 heavy (non-hydrogen) atoms. The SMILES string of the molecule is CNC(=O)CCNC(=O)CSCC(=O)O. The van der Waals surface area contributed by atoms with Crippen molar-refractivity contribution in [3.05, 3.63) is 0 Å². The first kappa shape index (κ1) is 13.8. The van der Waals surface area contributed by atoms with Crippen molar-refractivity contribution in [3.8, 4) is 0 Å². The third-order valence-corrected chi connectivity index (χ3v) is 2.33. The van der Waals surface area contributed by atoms with Crippen LogP contribution in [-0.2, 0) is 14.4 Å². The van der Waals surface area contributed by atoms with Crippen LogP contribution < -0.4 is 10.6 Å². The number of thioether (sulfide) groups is 1. The number of carbonyl (C=O) groups is 3. The van der Waals surface area contributed by atoms with Crippen molar-refractivity contribution in [1.29, 1.82) is 0 Å². The Labute approximate surface area is 91.8 Å². The van der Waals surface area contributed by atoms with E-state index in [9.17, 15) is 14.4 Å². The van der Waals surface area contributed by atoms with Crippen LogP contribution in [0.4, 0.5) is 0 Å². The summed E-state index contributed by atoms with van der Waals surface area (Å²) in [7, 11) is 1.52. The summed E-state index contributed by atoms with van der Waals surface area (Å²) in [6, 6.07) is 0. The van der Waals surface area contributed by atoms with E-state index in [4.69, 9.17) is 5.11 Å². The molecular formula is C8H14N2O4S. The average Bonchev–Trinajstić information content (AvgIpc) is 2.17. The van der Waals surface area contributed by atoms with Crippen molar-refractivity contribution in [3.63, 3.8) is 0 Å². The molecule has 0 saturated carbocycles. The molecule has 0 aliphatic carbocycles. The lowest BCUT2D eigenvalue weighted by Gasteiger charge is -2.03. The zero-order valence-corrected chi connectivity index (χ0v) is 9.23. The second-order valence-electron chi connectivity index (χ2n) is 2.66. The van der Waals surface area contributed by atoms with Gasteiger partial charge in [-0.2, -0.15) is 0 Å². The minimum atomic E-state index is -0.946. The summed E-state index contributed by atoms with van der Waals surface area (Å²) in [5.74, 6) is -1.35. The van der Waals surface area contributed by atoms with E-state index < -0.39 is 5.97 Å². The normalized spacial score (nSPS) is 9.40. The van der Waals surface area contributed by atoms with Gasteiger partial charge in [-0.3, -0.25) is 14.4 Å². The van der Waals surface area contributed by atoms with Crippen molar-refractivity contribution in [2.75, 3.05) is 25.1 Å². The maximum Gasteiger partial charge on any atom is 0.313 e. The Morgan fingerprint density at radius 2 is 1.87 bits per heavy atom. The molecule has 0 radical (unpaired) electrons. The first-order valence-electron chi connectivity index (χ1n) is 4.33. The van der Waals surface area contributed by atoms with Gasteiger partial charge in [0.1, 0.15) is 0 Å². The topological polar surface area (TPSA) is 95.5 Å². The summed E-state index contributed by atoms with van der Waals surface area (Å²) in [6.45, 7) is 0.270. The summed E-state index contributed by atoms with van der Waals surface area (Å²) in [6.07, 6.45) is 0.228. The van der Waals surface area contributed by atoms with Crippen LogP contribution in [0.15, 0.2) is 0 Å². The van der Waals surface area contributed by atoms with Crippen LogP contribution in [0.25, 0.3) is 0 Å². The van der Waals surface area contributed by atoms with Crippen LogP contribution in [0.5, 0.6) is 0 Å². The number of hydrogen-bond acceptors (Lipinski definition) is 4. The highest BCUT2D eigenvalue weighted by atomic mass is 32.2. The molecule has 0 aromatic rings. The molecule has 0 spiro atoms. The zero-order chi connectivity index (χ0) is 11.7. The lowest BCUT2D eigenvalue weighted by molar-refractivity contribution is -0.134. The minimum Gasteiger partial charge on any atom is -0.481 e. The van der Waals surface area contributed by atoms with E-state index >= 15 is 0 Å². The van der Waals surface area contributed by atoms with Crippen LogP contribution in [0, 0.1) is 0 Å². The highest BCUT2D eigenvalue weighted by Crippen LogP contribution is 1.97. The highest BCUT2D eigenvalue weighted by molar-refractivity contribution is 8.00. The highest BCUT2D eigenvalue weighted by Gasteiger charge is 2.04. The van der Waals surface area contributed by atoms with E-state index in [1.54, 1.807) is 0 Å². The molecule has 86 valence electrons. The number of rotatable bonds is 7. The predicted octanol–water partition coefficient (Wildman–Crippen LogP) is -0.943. The molecule has 0 unspecified atom stereocenters. The first-order valence-corrected chi connectivity index (χ1v) is 5.48. The lowest BCUT2D eigenvalue weighted by Crippen LogP contribution is -2.30. The standard InChI is InChI=1S/C8H14N2O4S/c1-9-6(11)2-3-10-7(12)4-15-5-8(13)14/h2-5H2,1H3,(H,9,11)(H,10,12)(H,13,14). The fourth-order valence-electron chi connectivity index (χ4n) is 0.723. The van der Waals surface area contributed by atoms with Gasteiger partial charge in [-0.1, -0.05) is 0 Å². The van der Waals surface area contributed by atoms with E-state index in [2.05, 4.69) is 10.6 Å². The molecule has 0 bridgehead atoms. The molecular weight excluding hydrogens is 220 g/mol. The molecule has 0 atom stereocenters. The summed E-state index contributed by atoms with van der Waals surface area (Å²) in [5, 5.41) is 13.2. The maximum atomic E-state index is 11.0. The van der Waals surface area contributed by atoms with Crippen LogP contribution in [0.1, 0.15) is 6.42 Å². The van der Waals surface area contributed by atoms with Gasteiger partial charge in [0.05, 0.1) is 11.5 Å². The Morgan fingerprint density at radius 3 is 2.40 bits per heavy atom. The van der Waals surface area contributed by atoms with Gasteiger partial charge in [0.25, 0.3) is 0 Å². The first-order chi connectivity index (χ1) is 7.06. The molecule has 3 N–H and O–H groups in total. The van der Waals surface area contributed by atoms with Crippen LogP contribution in [-0.4, -0.2) is 48.0 Å². The quantitative estimate of drug-likeness (QED) is 0.528. The van der Waals surface area contributed by atoms with Crippen molar-refractivity contribution in [1.82, 2.24) is 10.6 Å². The maximum absolute atomic E-state index is 11.0. The Kier molecular flexibility index (Phi) is 7.43. The van der Waals surface area contributed by atoms with E-state index in [0.717, 1.165) is 11.8 Å². The van der Waals surface area contributed by atoms with Crippen molar-refractivity contribution < 1.29 is 19.5 Å². The summed E-state index contributed by atoms with van der Waals surface area (Å²) < 4.78 is 0. The number of nitrogens with one attached hydrogen (secondary N) is 2. The Bertz CT molecular complexity index is 245. The van der Waals surface area contributed by atoms with Gasteiger partial charge < -0.3 is 15.7 Å².